The Hall–Kier alpha value is -3.45. The van der Waals surface area contributed by atoms with Crippen LogP contribution >= 0.6 is 0 Å². The van der Waals surface area contributed by atoms with Gasteiger partial charge in [-0.3, -0.25) is 4.72 Å². The number of nitrogens with zero attached hydrogens (tertiary/aromatic N) is 2. The largest absolute Gasteiger partial charge is 0.334 e. The van der Waals surface area contributed by atoms with Crippen molar-refractivity contribution in [1.29, 1.82) is 0 Å². The first-order valence-corrected chi connectivity index (χ1v) is 10.5. The average Bonchev–Trinajstić information content (AvgIpc) is 3.19. The summed E-state index contributed by atoms with van der Waals surface area (Å²) in [6.45, 7) is 3.91. The molecule has 3 aromatic carbocycles. The van der Waals surface area contributed by atoms with E-state index in [1.165, 1.54) is 0 Å². The lowest BCUT2D eigenvalue weighted by atomic mass is 10.1. The molecule has 1 aromatic heterocycles. The van der Waals surface area contributed by atoms with Crippen LogP contribution in [0.15, 0.2) is 82.2 Å². The first kappa shape index (κ1) is 18.9. The highest BCUT2D eigenvalue weighted by atomic mass is 32.2. The summed E-state index contributed by atoms with van der Waals surface area (Å²) >= 11 is 0. The Bertz CT molecular complexity index is 1250. The van der Waals surface area contributed by atoms with Crippen LogP contribution in [0.2, 0.25) is 0 Å². The van der Waals surface area contributed by atoms with Gasteiger partial charge in [-0.25, -0.2) is 8.42 Å². The zero-order valence-corrected chi connectivity index (χ0v) is 16.8. The first-order chi connectivity index (χ1) is 13.9. The second kappa shape index (κ2) is 7.52. The molecule has 0 spiro atoms. The van der Waals surface area contributed by atoms with Gasteiger partial charge in [0.05, 0.1) is 4.90 Å². The lowest BCUT2D eigenvalue weighted by molar-refractivity contribution is 0.432. The Labute approximate surface area is 169 Å². The first-order valence-electron chi connectivity index (χ1n) is 9.01. The number of sulfonamides is 1. The molecule has 4 aromatic rings. The predicted octanol–water partition coefficient (Wildman–Crippen LogP) is 4.82. The van der Waals surface area contributed by atoms with Crippen molar-refractivity contribution in [1.82, 2.24) is 10.1 Å². The molecule has 0 aliphatic heterocycles. The van der Waals surface area contributed by atoms with E-state index in [0.29, 0.717) is 23.0 Å². The molecule has 146 valence electrons. The monoisotopic (exact) mass is 405 g/mol. The highest BCUT2D eigenvalue weighted by Gasteiger charge is 2.16. The fraction of sp³-hybridized carbons (Fsp3) is 0.0909. The van der Waals surface area contributed by atoms with Gasteiger partial charge in [0.2, 0.25) is 5.82 Å². The molecule has 0 atom stereocenters. The Balaban J connectivity index is 1.59. The molecule has 7 heteroatoms. The number of aromatic nitrogens is 2. The summed E-state index contributed by atoms with van der Waals surface area (Å²) in [5, 5.41) is 4.03. The number of rotatable bonds is 5. The maximum Gasteiger partial charge on any atom is 0.261 e. The normalized spacial score (nSPS) is 11.4. The minimum Gasteiger partial charge on any atom is -0.334 e. The molecular formula is C22H19N3O3S. The SMILES string of the molecule is Cc1ccc(-c2noc(-c3cccc(NS(=O)(=O)c4ccc(C)cc4)c3)n2)cc1. The summed E-state index contributed by atoms with van der Waals surface area (Å²) in [7, 11) is -3.69. The summed E-state index contributed by atoms with van der Waals surface area (Å²) < 4.78 is 33.2. The third kappa shape index (κ3) is 4.20. The maximum atomic E-state index is 12.6. The molecular weight excluding hydrogens is 386 g/mol. The highest BCUT2D eigenvalue weighted by molar-refractivity contribution is 7.92. The topological polar surface area (TPSA) is 85.1 Å². The van der Waals surface area contributed by atoms with Crippen LogP contribution in [-0.2, 0) is 10.0 Å². The number of aryl methyl sites for hydroxylation is 2. The number of benzene rings is 3. The lowest BCUT2D eigenvalue weighted by Crippen LogP contribution is -2.12. The zero-order chi connectivity index (χ0) is 20.4. The number of hydrogen-bond acceptors (Lipinski definition) is 5. The summed E-state index contributed by atoms with van der Waals surface area (Å²) in [6.07, 6.45) is 0. The lowest BCUT2D eigenvalue weighted by Gasteiger charge is -2.09. The summed E-state index contributed by atoms with van der Waals surface area (Å²) in [4.78, 5) is 4.63. The van der Waals surface area contributed by atoms with Gasteiger partial charge in [0.15, 0.2) is 0 Å². The number of anilines is 1. The van der Waals surface area contributed by atoms with E-state index in [9.17, 15) is 8.42 Å². The Morgan fingerprint density at radius 1 is 0.828 bits per heavy atom. The van der Waals surface area contributed by atoms with Crippen LogP contribution in [0.3, 0.4) is 0 Å². The predicted molar refractivity (Wildman–Crippen MR) is 112 cm³/mol. The van der Waals surface area contributed by atoms with E-state index in [1.54, 1.807) is 48.5 Å². The van der Waals surface area contributed by atoms with Gasteiger partial charge in [-0.05, 0) is 44.2 Å². The Morgan fingerprint density at radius 2 is 1.48 bits per heavy atom. The van der Waals surface area contributed by atoms with Crippen molar-refractivity contribution in [3.63, 3.8) is 0 Å². The third-order valence-corrected chi connectivity index (χ3v) is 5.83. The van der Waals surface area contributed by atoms with Crippen molar-refractivity contribution in [3.8, 4) is 22.8 Å². The molecule has 29 heavy (non-hydrogen) atoms. The van der Waals surface area contributed by atoms with Crippen LogP contribution in [0.4, 0.5) is 5.69 Å². The van der Waals surface area contributed by atoms with E-state index in [4.69, 9.17) is 4.52 Å². The van der Waals surface area contributed by atoms with E-state index in [1.807, 2.05) is 38.1 Å². The second-order valence-electron chi connectivity index (χ2n) is 6.79. The summed E-state index contributed by atoms with van der Waals surface area (Å²) in [5.74, 6) is 0.794. The molecule has 0 saturated heterocycles. The second-order valence-corrected chi connectivity index (χ2v) is 8.47. The van der Waals surface area contributed by atoms with Gasteiger partial charge in [0.25, 0.3) is 15.9 Å². The van der Waals surface area contributed by atoms with E-state index < -0.39 is 10.0 Å². The van der Waals surface area contributed by atoms with Crippen molar-refractivity contribution in [2.45, 2.75) is 18.7 Å². The van der Waals surface area contributed by atoms with Crippen molar-refractivity contribution in [2.24, 2.45) is 0 Å². The fourth-order valence-electron chi connectivity index (χ4n) is 2.81. The Morgan fingerprint density at radius 3 is 2.17 bits per heavy atom. The van der Waals surface area contributed by atoms with Gasteiger partial charge < -0.3 is 4.52 Å². The van der Waals surface area contributed by atoms with Crippen molar-refractivity contribution >= 4 is 15.7 Å². The standard InChI is InChI=1S/C22H19N3O3S/c1-15-6-10-17(11-7-15)21-23-22(28-24-21)18-4-3-5-19(14-18)25-29(26,27)20-12-8-16(2)9-13-20/h3-14,25H,1-2H3. The molecule has 0 fully saturated rings. The van der Waals surface area contributed by atoms with Gasteiger partial charge in [-0.15, -0.1) is 0 Å². The van der Waals surface area contributed by atoms with Crippen LogP contribution in [-0.4, -0.2) is 18.6 Å². The third-order valence-electron chi connectivity index (χ3n) is 4.43. The molecule has 0 radical (unpaired) electrons. The van der Waals surface area contributed by atoms with Gasteiger partial charge in [-0.2, -0.15) is 4.98 Å². The van der Waals surface area contributed by atoms with E-state index in [-0.39, 0.29) is 4.90 Å². The molecule has 1 heterocycles. The Kier molecular flexibility index (Phi) is 4.90. The van der Waals surface area contributed by atoms with E-state index in [2.05, 4.69) is 14.9 Å². The van der Waals surface area contributed by atoms with Gasteiger partial charge >= 0.3 is 0 Å². The van der Waals surface area contributed by atoms with E-state index in [0.717, 1.165) is 16.7 Å². The molecule has 0 aliphatic rings. The zero-order valence-electron chi connectivity index (χ0n) is 16.0. The molecule has 0 unspecified atom stereocenters. The van der Waals surface area contributed by atoms with Gasteiger partial charge in [0.1, 0.15) is 0 Å². The van der Waals surface area contributed by atoms with Crippen LogP contribution in [0, 0.1) is 13.8 Å². The van der Waals surface area contributed by atoms with Crippen LogP contribution in [0.5, 0.6) is 0 Å². The van der Waals surface area contributed by atoms with E-state index >= 15 is 0 Å². The number of nitrogens with one attached hydrogen (secondary N) is 1. The van der Waals surface area contributed by atoms with Gasteiger partial charge in [-0.1, -0.05) is 58.7 Å². The molecule has 0 bridgehead atoms. The maximum absolute atomic E-state index is 12.6. The van der Waals surface area contributed by atoms with Crippen molar-refractivity contribution in [3.05, 3.63) is 83.9 Å². The highest BCUT2D eigenvalue weighted by Crippen LogP contribution is 2.26. The number of hydrogen-bond donors (Lipinski definition) is 1. The van der Waals surface area contributed by atoms with Crippen LogP contribution in [0.25, 0.3) is 22.8 Å². The summed E-state index contributed by atoms with van der Waals surface area (Å²) in [6, 6.07) is 21.3. The van der Waals surface area contributed by atoms with Crippen molar-refractivity contribution in [2.75, 3.05) is 4.72 Å². The summed E-state index contributed by atoms with van der Waals surface area (Å²) in [5.41, 5.74) is 4.03. The molecule has 6 nitrogen and oxygen atoms in total. The molecule has 0 saturated carbocycles. The van der Waals surface area contributed by atoms with Crippen molar-refractivity contribution < 1.29 is 12.9 Å². The van der Waals surface area contributed by atoms with Gasteiger partial charge in [0, 0.05) is 16.8 Å². The molecule has 0 amide bonds. The van der Waals surface area contributed by atoms with Crippen LogP contribution < -0.4 is 4.72 Å². The molecule has 0 aliphatic carbocycles. The minimum atomic E-state index is -3.69. The van der Waals surface area contributed by atoms with Crippen LogP contribution in [0.1, 0.15) is 11.1 Å². The smallest absolute Gasteiger partial charge is 0.261 e. The average molecular weight is 405 g/mol. The molecule has 1 N–H and O–H groups in total. The molecule has 4 rings (SSSR count). The quantitative estimate of drug-likeness (QED) is 0.514. The minimum absolute atomic E-state index is 0.202. The fourth-order valence-corrected chi connectivity index (χ4v) is 3.86.